The van der Waals surface area contributed by atoms with Crippen LogP contribution in [0.15, 0.2) is 42.5 Å². The first-order valence-corrected chi connectivity index (χ1v) is 12.8. The number of ketones is 1. The van der Waals surface area contributed by atoms with Gasteiger partial charge in [0, 0.05) is 47.8 Å². The Bertz CT molecular complexity index is 1460. The largest absolute Gasteiger partial charge is 0.380 e. The number of thiophene rings is 1. The molecule has 1 amide bonds. The van der Waals surface area contributed by atoms with Crippen LogP contribution in [0.3, 0.4) is 0 Å². The summed E-state index contributed by atoms with van der Waals surface area (Å²) in [5.41, 5.74) is 4.47. The molecule has 0 bridgehead atoms. The number of hydrogen-bond donors (Lipinski definition) is 1. The number of amides is 1. The minimum Gasteiger partial charge on any atom is -0.380 e. The van der Waals surface area contributed by atoms with E-state index in [1.165, 1.54) is 16.9 Å². The number of nitrogens with one attached hydrogen (secondary N) is 1. The molecule has 5 rings (SSSR count). The van der Waals surface area contributed by atoms with Gasteiger partial charge >= 0.3 is 0 Å². The number of aryl methyl sites for hydroxylation is 1. The molecule has 0 atom stereocenters. The molecule has 0 radical (unpaired) electrons. The maximum atomic E-state index is 13.3. The van der Waals surface area contributed by atoms with Crippen molar-refractivity contribution in [2.24, 2.45) is 0 Å². The lowest BCUT2D eigenvalue weighted by Gasteiger charge is -2.27. The van der Waals surface area contributed by atoms with Gasteiger partial charge < -0.3 is 14.8 Å². The van der Waals surface area contributed by atoms with Crippen molar-refractivity contribution in [2.75, 3.05) is 38.7 Å². The number of aromatic nitrogens is 1. The predicted molar refractivity (Wildman–Crippen MR) is 150 cm³/mol. The van der Waals surface area contributed by atoms with Crippen molar-refractivity contribution in [3.63, 3.8) is 0 Å². The molecule has 3 heterocycles. The van der Waals surface area contributed by atoms with E-state index in [9.17, 15) is 9.59 Å². The van der Waals surface area contributed by atoms with E-state index in [4.69, 9.17) is 14.5 Å². The molecule has 194 valence electrons. The first-order chi connectivity index (χ1) is 17.5. The molecular formula is C28H30ClN3O4S. The lowest BCUT2D eigenvalue weighted by atomic mass is 10.0. The van der Waals surface area contributed by atoms with Crippen LogP contribution in [0.1, 0.15) is 43.6 Å². The molecule has 2 aromatic heterocycles. The smallest absolute Gasteiger partial charge is 0.267 e. The number of halogens is 1. The molecule has 1 fully saturated rings. The number of methoxy groups -OCH3 is 1. The fraction of sp³-hybridized carbons (Fsp3) is 0.321. The van der Waals surface area contributed by atoms with Gasteiger partial charge in [0.2, 0.25) is 0 Å². The second-order valence-electron chi connectivity index (χ2n) is 9.04. The highest BCUT2D eigenvalue weighted by atomic mass is 35.5. The van der Waals surface area contributed by atoms with Gasteiger partial charge in [-0.25, -0.2) is 4.98 Å². The van der Waals surface area contributed by atoms with E-state index in [2.05, 4.69) is 16.3 Å². The van der Waals surface area contributed by atoms with E-state index in [0.717, 1.165) is 65.0 Å². The van der Waals surface area contributed by atoms with Crippen molar-refractivity contribution in [3.05, 3.63) is 69.6 Å². The number of hydrogen-bond acceptors (Lipinski definition) is 7. The van der Waals surface area contributed by atoms with Crippen LogP contribution < -0.4 is 5.32 Å². The van der Waals surface area contributed by atoms with E-state index >= 15 is 0 Å². The molecule has 1 aliphatic heterocycles. The number of carbonyl (C=O) groups excluding carboxylic acids is 2. The summed E-state index contributed by atoms with van der Waals surface area (Å²) in [6.45, 7) is 8.08. The topological polar surface area (TPSA) is 80.8 Å². The summed E-state index contributed by atoms with van der Waals surface area (Å²) in [4.78, 5) is 33.3. The Labute approximate surface area is 226 Å². The summed E-state index contributed by atoms with van der Waals surface area (Å²) in [6.07, 6.45) is 0. The molecule has 0 saturated carbocycles. The zero-order chi connectivity index (χ0) is 25.2. The van der Waals surface area contributed by atoms with Crippen molar-refractivity contribution in [2.45, 2.75) is 27.0 Å². The van der Waals surface area contributed by atoms with Gasteiger partial charge in [0.05, 0.1) is 30.2 Å². The first kappa shape index (κ1) is 27.2. The third kappa shape index (κ3) is 5.54. The Hall–Kier alpha value is -2.88. The number of ether oxygens (including phenoxy) is 2. The van der Waals surface area contributed by atoms with Gasteiger partial charge in [-0.2, -0.15) is 0 Å². The van der Waals surface area contributed by atoms with Gasteiger partial charge in [-0.1, -0.05) is 18.2 Å². The van der Waals surface area contributed by atoms with E-state index in [1.807, 2.05) is 43.3 Å². The second-order valence-corrected chi connectivity index (χ2v) is 10.1. The third-order valence-electron chi connectivity index (χ3n) is 6.61. The van der Waals surface area contributed by atoms with Crippen LogP contribution in [0.4, 0.5) is 5.82 Å². The zero-order valence-electron chi connectivity index (χ0n) is 21.1. The molecule has 0 aliphatic carbocycles. The maximum absolute atomic E-state index is 13.3. The average molecular weight is 540 g/mol. The quantitative estimate of drug-likeness (QED) is 0.307. The number of anilines is 1. The summed E-state index contributed by atoms with van der Waals surface area (Å²) >= 11 is 1.34. The van der Waals surface area contributed by atoms with Crippen molar-refractivity contribution < 1.29 is 19.1 Å². The van der Waals surface area contributed by atoms with Crippen LogP contribution in [-0.2, 0) is 22.6 Å². The fourth-order valence-electron chi connectivity index (χ4n) is 4.80. The van der Waals surface area contributed by atoms with Crippen LogP contribution in [0, 0.1) is 6.92 Å². The molecule has 2 aromatic carbocycles. The van der Waals surface area contributed by atoms with Gasteiger partial charge in [0.1, 0.15) is 5.82 Å². The monoisotopic (exact) mass is 539 g/mol. The highest BCUT2D eigenvalue weighted by Gasteiger charge is 2.22. The van der Waals surface area contributed by atoms with Crippen LogP contribution >= 0.6 is 23.7 Å². The molecule has 0 unspecified atom stereocenters. The molecule has 1 saturated heterocycles. The predicted octanol–water partition coefficient (Wildman–Crippen LogP) is 5.61. The summed E-state index contributed by atoms with van der Waals surface area (Å²) in [5.74, 6) is 0.237. The molecule has 37 heavy (non-hydrogen) atoms. The number of carbonyl (C=O) groups is 2. The molecule has 7 nitrogen and oxygen atoms in total. The molecule has 9 heteroatoms. The number of nitrogens with zero attached hydrogens (tertiary/aromatic N) is 2. The molecule has 0 spiro atoms. The van der Waals surface area contributed by atoms with Crippen molar-refractivity contribution in [1.29, 1.82) is 0 Å². The van der Waals surface area contributed by atoms with E-state index < -0.39 is 0 Å². The Kier molecular flexibility index (Phi) is 8.56. The summed E-state index contributed by atoms with van der Waals surface area (Å²) in [7, 11) is 1.64. The average Bonchev–Trinajstić information content (AvgIpc) is 3.22. The number of benzene rings is 2. The number of fused-ring (bicyclic) bond motifs is 2. The van der Waals surface area contributed by atoms with Crippen LogP contribution in [-0.4, -0.2) is 55.0 Å². The Morgan fingerprint density at radius 2 is 1.89 bits per heavy atom. The minimum atomic E-state index is -0.233. The van der Waals surface area contributed by atoms with Gasteiger partial charge in [0.25, 0.3) is 5.91 Å². The number of morpholine rings is 1. The number of pyridine rings is 1. The summed E-state index contributed by atoms with van der Waals surface area (Å²) in [5, 5.41) is 4.97. The molecule has 4 aromatic rings. The highest BCUT2D eigenvalue weighted by Crippen LogP contribution is 2.37. The number of rotatable bonds is 7. The lowest BCUT2D eigenvalue weighted by Crippen LogP contribution is -2.35. The summed E-state index contributed by atoms with van der Waals surface area (Å²) in [6, 6.07) is 13.7. The Morgan fingerprint density at radius 1 is 1.11 bits per heavy atom. The van der Waals surface area contributed by atoms with Crippen LogP contribution in [0.2, 0.25) is 0 Å². The Balaban J connectivity index is 0.00000320. The molecule has 1 aliphatic rings. The third-order valence-corrected chi connectivity index (χ3v) is 7.93. The van der Waals surface area contributed by atoms with Crippen LogP contribution in [0.25, 0.3) is 21.0 Å². The Morgan fingerprint density at radius 3 is 2.62 bits per heavy atom. The van der Waals surface area contributed by atoms with Crippen LogP contribution in [0.5, 0.6) is 0 Å². The van der Waals surface area contributed by atoms with Crippen molar-refractivity contribution in [1.82, 2.24) is 9.88 Å². The highest BCUT2D eigenvalue weighted by molar-refractivity contribution is 7.21. The first-order valence-electron chi connectivity index (χ1n) is 12.0. The van der Waals surface area contributed by atoms with Crippen molar-refractivity contribution >= 4 is 62.2 Å². The van der Waals surface area contributed by atoms with Gasteiger partial charge in [-0.05, 0) is 54.8 Å². The zero-order valence-corrected chi connectivity index (χ0v) is 22.8. The molecular weight excluding hydrogens is 510 g/mol. The summed E-state index contributed by atoms with van der Waals surface area (Å²) < 4.78 is 11.6. The van der Waals surface area contributed by atoms with E-state index in [0.29, 0.717) is 22.9 Å². The molecule has 1 N–H and O–H groups in total. The standard InChI is InChI=1S/C28H29N3O4S.ClH/c1-17-25-20(16-34-3)7-8-21(18(2)32)27(25)36-26(17)28(33)30-24-10-9-22-19(5-4-6-23(22)29-24)15-31-11-13-35-14-12-31;/h4-10H,11-16H2,1-3H3,(H,29,30,33);1H. The number of Topliss-reactive ketones (excluding diaryl/α,β-unsaturated/α-hetero) is 1. The SMILES string of the molecule is COCc1ccc(C(C)=O)c2sc(C(=O)Nc3ccc4c(CN5CCOCC5)cccc4n3)c(C)c12.Cl. The van der Waals surface area contributed by atoms with Crippen molar-refractivity contribution in [3.8, 4) is 0 Å². The van der Waals surface area contributed by atoms with E-state index in [1.54, 1.807) is 14.0 Å². The van der Waals surface area contributed by atoms with E-state index in [-0.39, 0.29) is 24.1 Å². The fourth-order valence-corrected chi connectivity index (χ4v) is 6.11. The maximum Gasteiger partial charge on any atom is 0.267 e. The second kappa shape index (κ2) is 11.7. The minimum absolute atomic E-state index is 0. The normalized spacial score (nSPS) is 14.0. The lowest BCUT2D eigenvalue weighted by molar-refractivity contribution is 0.0343. The van der Waals surface area contributed by atoms with Gasteiger partial charge in [-0.3, -0.25) is 14.5 Å². The van der Waals surface area contributed by atoms with Gasteiger partial charge in [0.15, 0.2) is 5.78 Å². The van der Waals surface area contributed by atoms with Gasteiger partial charge in [-0.15, -0.1) is 23.7 Å².